The maximum atomic E-state index is 15.6. The van der Waals surface area contributed by atoms with Gasteiger partial charge in [-0.3, -0.25) is 9.52 Å². The van der Waals surface area contributed by atoms with Gasteiger partial charge in [0.25, 0.3) is 0 Å². The molecule has 0 fully saturated rings. The summed E-state index contributed by atoms with van der Waals surface area (Å²) >= 11 is 5.96. The minimum absolute atomic E-state index is 0.00745. The molecule has 36 heavy (non-hydrogen) atoms. The lowest BCUT2D eigenvalue weighted by Crippen LogP contribution is -2.39. The molecule has 1 aliphatic heterocycles. The first-order chi connectivity index (χ1) is 16.8. The number of fused-ring (bicyclic) bond motifs is 1. The van der Waals surface area contributed by atoms with Crippen LogP contribution in [-0.4, -0.2) is 38.1 Å². The normalized spacial score (nSPS) is 19.3. The zero-order valence-corrected chi connectivity index (χ0v) is 21.3. The summed E-state index contributed by atoms with van der Waals surface area (Å²) < 4.78 is 41.0. The van der Waals surface area contributed by atoms with Crippen LogP contribution in [0.2, 0.25) is 5.02 Å². The van der Waals surface area contributed by atoms with Crippen LogP contribution in [0, 0.1) is 5.41 Å². The Hall–Kier alpha value is -3.21. The molecule has 0 saturated carbocycles. The van der Waals surface area contributed by atoms with E-state index in [1.807, 2.05) is 0 Å². The van der Waals surface area contributed by atoms with Crippen LogP contribution in [0.5, 0.6) is 5.75 Å². The molecule has 2 aromatic rings. The van der Waals surface area contributed by atoms with Crippen molar-refractivity contribution in [3.63, 3.8) is 0 Å². The van der Waals surface area contributed by atoms with Crippen LogP contribution in [0.3, 0.4) is 0 Å². The molecule has 0 radical (unpaired) electrons. The molecule has 0 amide bonds. The van der Waals surface area contributed by atoms with E-state index in [4.69, 9.17) is 16.4 Å². The Kier molecular flexibility index (Phi) is 6.72. The Balaban J connectivity index is 1.71. The monoisotopic (exact) mass is 534 g/mol. The van der Waals surface area contributed by atoms with E-state index in [2.05, 4.69) is 10.2 Å². The first-order valence-corrected chi connectivity index (χ1v) is 13.2. The van der Waals surface area contributed by atoms with Crippen LogP contribution < -0.4 is 15.0 Å². The van der Waals surface area contributed by atoms with Gasteiger partial charge in [0.05, 0.1) is 22.5 Å². The van der Waals surface area contributed by atoms with E-state index in [1.54, 1.807) is 26.0 Å². The van der Waals surface area contributed by atoms with Gasteiger partial charge in [-0.25, -0.2) is 17.6 Å². The van der Waals surface area contributed by atoms with Gasteiger partial charge in [-0.05, 0) is 55.7 Å². The second-order valence-corrected chi connectivity index (χ2v) is 11.5. The number of nitrogens with one attached hydrogen (secondary N) is 2. The van der Waals surface area contributed by atoms with E-state index in [0.29, 0.717) is 16.7 Å². The number of anilines is 1. The molecule has 11 heteroatoms. The van der Waals surface area contributed by atoms with E-state index in [1.165, 1.54) is 30.3 Å². The molecule has 0 aromatic heterocycles. The van der Waals surface area contributed by atoms with Gasteiger partial charge in [0, 0.05) is 35.1 Å². The van der Waals surface area contributed by atoms with Gasteiger partial charge >= 0.3 is 5.97 Å². The summed E-state index contributed by atoms with van der Waals surface area (Å²) in [5.41, 5.74) is 3.46. The molecule has 0 spiro atoms. The molecule has 1 heterocycles. The largest absolute Gasteiger partial charge is 0.478 e. The van der Waals surface area contributed by atoms with Crippen molar-refractivity contribution in [3.8, 4) is 5.75 Å². The number of benzene rings is 2. The van der Waals surface area contributed by atoms with E-state index in [-0.39, 0.29) is 40.6 Å². The van der Waals surface area contributed by atoms with Crippen LogP contribution in [0.25, 0.3) is 0 Å². The third-order valence-corrected chi connectivity index (χ3v) is 7.28. The highest BCUT2D eigenvalue weighted by Crippen LogP contribution is 2.46. The average molecular weight is 535 g/mol. The fourth-order valence-corrected chi connectivity index (χ4v) is 5.18. The predicted molar refractivity (Wildman–Crippen MR) is 133 cm³/mol. The zero-order chi connectivity index (χ0) is 26.4. The minimum Gasteiger partial charge on any atom is -0.478 e. The fourth-order valence-electron chi connectivity index (χ4n) is 4.42. The van der Waals surface area contributed by atoms with E-state index in [9.17, 15) is 23.1 Å². The van der Waals surface area contributed by atoms with E-state index >= 15 is 4.39 Å². The van der Waals surface area contributed by atoms with Gasteiger partial charge in [-0.1, -0.05) is 23.7 Å². The molecule has 1 atom stereocenters. The van der Waals surface area contributed by atoms with Crippen LogP contribution in [0.4, 0.5) is 10.1 Å². The number of hydrogen-bond donors (Lipinski definition) is 3. The van der Waals surface area contributed by atoms with Gasteiger partial charge in [-0.2, -0.15) is 5.48 Å². The first kappa shape index (κ1) is 25.9. The number of carboxylic acid groups (broad SMARTS) is 1. The number of rotatable bonds is 6. The highest BCUT2D eigenvalue weighted by atomic mass is 35.5. The predicted octanol–water partition coefficient (Wildman–Crippen LogP) is 4.39. The van der Waals surface area contributed by atoms with Gasteiger partial charge in [0.2, 0.25) is 10.0 Å². The quantitative estimate of drug-likeness (QED) is 0.502. The van der Waals surface area contributed by atoms with Crippen molar-refractivity contribution in [1.29, 1.82) is 0 Å². The van der Waals surface area contributed by atoms with Crippen LogP contribution in [-0.2, 0) is 21.2 Å². The van der Waals surface area contributed by atoms with Crippen molar-refractivity contribution in [2.75, 3.05) is 17.5 Å². The number of halogens is 2. The third-order valence-electron chi connectivity index (χ3n) is 6.34. The van der Waals surface area contributed by atoms with Crippen molar-refractivity contribution >= 4 is 39.1 Å². The lowest BCUT2D eigenvalue weighted by molar-refractivity contribution is -0.122. The second kappa shape index (κ2) is 9.34. The van der Waals surface area contributed by atoms with E-state index in [0.717, 1.165) is 6.26 Å². The van der Waals surface area contributed by atoms with Crippen LogP contribution in [0.15, 0.2) is 59.4 Å². The van der Waals surface area contributed by atoms with Crippen molar-refractivity contribution in [3.05, 3.63) is 81.2 Å². The van der Waals surface area contributed by atoms with Crippen molar-refractivity contribution in [2.24, 2.45) is 5.41 Å². The maximum Gasteiger partial charge on any atom is 0.337 e. The number of carbonyl (C=O) groups is 2. The molecular formula is C25H24ClFN2O6S. The SMILES string of the molecule is CC1(C)C(=O)C(C2CNOc3cc(NS(C)(=O)=O)ccc32)=C(F)C=C1Cc1ccc(Cl)c(C(=O)O)c1. The molecule has 1 aliphatic carbocycles. The second-order valence-electron chi connectivity index (χ2n) is 9.31. The molecule has 0 bridgehead atoms. The van der Waals surface area contributed by atoms with Gasteiger partial charge in [-0.15, -0.1) is 0 Å². The lowest BCUT2D eigenvalue weighted by Gasteiger charge is -2.36. The third kappa shape index (κ3) is 5.02. The summed E-state index contributed by atoms with van der Waals surface area (Å²) in [6.45, 7) is 3.54. The number of allylic oxidation sites excluding steroid dienone is 3. The highest BCUT2D eigenvalue weighted by Gasteiger charge is 2.43. The van der Waals surface area contributed by atoms with Crippen LogP contribution >= 0.6 is 11.6 Å². The standard InChI is InChI=1S/C25H24ClFN2O6S/c1-25(2)14(8-13-4-7-19(26)17(9-13)24(31)32)10-20(27)22(23(25)30)18-12-28-35-21-11-15(5-6-16(18)21)29-36(3,33)34/h4-7,9-11,18,28-29H,8,12H2,1-3H3,(H,31,32). The molecule has 0 saturated heterocycles. The summed E-state index contributed by atoms with van der Waals surface area (Å²) in [6, 6.07) is 9.13. The number of carboxylic acids is 1. The van der Waals surface area contributed by atoms with E-state index < -0.39 is 38.9 Å². The molecule has 2 aromatic carbocycles. The fraction of sp³-hybridized carbons (Fsp3) is 0.280. The molecule has 4 rings (SSSR count). The highest BCUT2D eigenvalue weighted by molar-refractivity contribution is 7.92. The summed E-state index contributed by atoms with van der Waals surface area (Å²) in [5.74, 6) is -2.64. The average Bonchev–Trinajstić information content (AvgIpc) is 2.77. The number of carbonyl (C=O) groups excluding carboxylic acids is 1. The smallest absolute Gasteiger partial charge is 0.337 e. The number of Topliss-reactive ketones (excluding diaryl/α,β-unsaturated/α-hetero) is 1. The van der Waals surface area contributed by atoms with Crippen LogP contribution in [0.1, 0.15) is 41.3 Å². The lowest BCUT2D eigenvalue weighted by atomic mass is 9.68. The first-order valence-electron chi connectivity index (χ1n) is 11.0. The number of aromatic carboxylic acids is 1. The number of sulfonamides is 1. The maximum absolute atomic E-state index is 15.6. The summed E-state index contributed by atoms with van der Waals surface area (Å²) in [5, 5.41) is 9.43. The Morgan fingerprint density at radius 2 is 2.00 bits per heavy atom. The van der Waals surface area contributed by atoms with Crippen molar-refractivity contribution in [1.82, 2.24) is 5.48 Å². The molecule has 190 valence electrons. The molecule has 8 nitrogen and oxygen atoms in total. The number of ketones is 1. The summed E-state index contributed by atoms with van der Waals surface area (Å²) in [6.07, 6.45) is 2.52. The van der Waals surface area contributed by atoms with Crippen molar-refractivity contribution in [2.45, 2.75) is 26.2 Å². The zero-order valence-electron chi connectivity index (χ0n) is 19.7. The summed E-state index contributed by atoms with van der Waals surface area (Å²) in [4.78, 5) is 30.5. The van der Waals surface area contributed by atoms with Gasteiger partial charge < -0.3 is 9.94 Å². The molecular weight excluding hydrogens is 511 g/mol. The molecule has 3 N–H and O–H groups in total. The topological polar surface area (TPSA) is 122 Å². The Labute approximate surface area is 212 Å². The summed E-state index contributed by atoms with van der Waals surface area (Å²) in [7, 11) is -3.51. The van der Waals surface area contributed by atoms with Gasteiger partial charge in [0.1, 0.15) is 5.83 Å². The van der Waals surface area contributed by atoms with Crippen molar-refractivity contribution < 1.29 is 32.3 Å². The number of hydrogen-bond acceptors (Lipinski definition) is 6. The Morgan fingerprint density at radius 3 is 2.67 bits per heavy atom. The Bertz CT molecular complexity index is 1450. The molecule has 2 aliphatic rings. The van der Waals surface area contributed by atoms with Gasteiger partial charge in [0.15, 0.2) is 11.5 Å². The number of hydroxylamine groups is 1. The minimum atomic E-state index is -3.51. The Morgan fingerprint density at radius 1 is 1.28 bits per heavy atom. The molecule has 1 unspecified atom stereocenters.